The first-order valence-corrected chi connectivity index (χ1v) is 8.62. The van der Waals surface area contributed by atoms with Crippen molar-refractivity contribution in [1.29, 1.82) is 0 Å². The van der Waals surface area contributed by atoms with Crippen LogP contribution in [0.25, 0.3) is 5.69 Å². The predicted molar refractivity (Wildman–Crippen MR) is 92.2 cm³/mol. The average molecular weight is 392 g/mol. The highest BCUT2D eigenvalue weighted by Gasteiger charge is 2.37. The molecule has 0 radical (unpaired) electrons. The molecule has 3 rings (SSSR count). The van der Waals surface area contributed by atoms with Crippen LogP contribution in [0.2, 0.25) is 0 Å². The Labute approximate surface area is 148 Å². The summed E-state index contributed by atoms with van der Waals surface area (Å²) in [5.74, 6) is -1.16. The van der Waals surface area contributed by atoms with E-state index < -0.39 is 11.5 Å². The lowest BCUT2D eigenvalue weighted by Gasteiger charge is -2.28. The number of halogens is 1. The second-order valence-electron chi connectivity index (χ2n) is 6.16. The van der Waals surface area contributed by atoms with Crippen molar-refractivity contribution in [3.05, 3.63) is 46.7 Å². The highest BCUT2D eigenvalue weighted by molar-refractivity contribution is 9.10. The Balaban J connectivity index is 1.75. The number of hydrogen-bond donors (Lipinski definition) is 2. The Hall–Kier alpha value is -2.15. The zero-order valence-electron chi connectivity index (χ0n) is 13.0. The number of nitrogens with one attached hydrogen (secondary N) is 1. The minimum Gasteiger partial charge on any atom is -0.481 e. The first-order valence-electron chi connectivity index (χ1n) is 7.82. The molecule has 1 aromatic carbocycles. The molecule has 1 heterocycles. The summed E-state index contributed by atoms with van der Waals surface area (Å²) in [5, 5.41) is 16.3. The molecule has 0 unspecified atom stereocenters. The number of nitrogens with zero attached hydrogens (tertiary/aromatic N) is 2. The predicted octanol–water partition coefficient (Wildman–Crippen LogP) is 3.15. The molecule has 0 atom stereocenters. The Morgan fingerprint density at radius 3 is 2.54 bits per heavy atom. The van der Waals surface area contributed by atoms with E-state index in [2.05, 4.69) is 26.3 Å². The average Bonchev–Trinajstić information content (AvgIpc) is 3.17. The number of carbonyl (C=O) groups excluding carboxylic acids is 1. The molecular formula is C17H18BrN3O3. The van der Waals surface area contributed by atoms with Crippen LogP contribution in [0.4, 0.5) is 0 Å². The zero-order valence-corrected chi connectivity index (χ0v) is 14.6. The van der Waals surface area contributed by atoms with Crippen molar-refractivity contribution in [2.45, 2.75) is 37.6 Å². The molecule has 1 fully saturated rings. The van der Waals surface area contributed by atoms with E-state index in [1.165, 1.54) is 6.20 Å². The molecule has 0 bridgehead atoms. The maximum Gasteiger partial charge on any atom is 0.305 e. The van der Waals surface area contributed by atoms with Crippen molar-refractivity contribution in [2.24, 2.45) is 0 Å². The summed E-state index contributed by atoms with van der Waals surface area (Å²) < 4.78 is 2.59. The topological polar surface area (TPSA) is 84.2 Å². The van der Waals surface area contributed by atoms with Crippen LogP contribution in [-0.2, 0) is 4.79 Å². The molecule has 2 aromatic rings. The molecule has 1 aromatic heterocycles. The number of carbonyl (C=O) groups is 2. The molecule has 6 nitrogen and oxygen atoms in total. The van der Waals surface area contributed by atoms with E-state index >= 15 is 0 Å². The molecule has 0 saturated heterocycles. The molecule has 0 spiro atoms. The number of carboxylic acid groups (broad SMARTS) is 1. The SMILES string of the molecule is O=C(O)CC1(NC(=O)c2cnn(-c3ccc(Br)cc3)c2)CCCC1. The number of aromatic nitrogens is 2. The molecule has 1 saturated carbocycles. The number of carboxylic acids is 1. The lowest BCUT2D eigenvalue weighted by molar-refractivity contribution is -0.138. The first kappa shape index (κ1) is 16.7. The Morgan fingerprint density at radius 2 is 1.92 bits per heavy atom. The van der Waals surface area contributed by atoms with Crippen LogP contribution in [0.15, 0.2) is 41.1 Å². The second kappa shape index (κ2) is 6.76. The van der Waals surface area contributed by atoms with Crippen LogP contribution in [0.1, 0.15) is 42.5 Å². The third-order valence-corrected chi connectivity index (χ3v) is 4.89. The van der Waals surface area contributed by atoms with E-state index in [9.17, 15) is 9.59 Å². The molecule has 0 aliphatic heterocycles. The van der Waals surface area contributed by atoms with E-state index in [4.69, 9.17) is 5.11 Å². The van der Waals surface area contributed by atoms with Gasteiger partial charge >= 0.3 is 5.97 Å². The number of benzene rings is 1. The molecular weight excluding hydrogens is 374 g/mol. The normalized spacial score (nSPS) is 16.0. The minimum atomic E-state index is -0.886. The van der Waals surface area contributed by atoms with Gasteiger partial charge in [-0.15, -0.1) is 0 Å². The molecule has 1 amide bonds. The van der Waals surface area contributed by atoms with Crippen LogP contribution in [0.3, 0.4) is 0 Å². The van der Waals surface area contributed by atoms with Crippen LogP contribution in [0.5, 0.6) is 0 Å². The van der Waals surface area contributed by atoms with E-state index in [0.29, 0.717) is 18.4 Å². The number of rotatable bonds is 5. The largest absolute Gasteiger partial charge is 0.481 e. The Kier molecular flexibility index (Phi) is 4.71. The van der Waals surface area contributed by atoms with Gasteiger partial charge in [-0.1, -0.05) is 28.8 Å². The van der Waals surface area contributed by atoms with Crippen molar-refractivity contribution in [3.63, 3.8) is 0 Å². The van der Waals surface area contributed by atoms with Crippen LogP contribution < -0.4 is 5.32 Å². The van der Waals surface area contributed by atoms with Gasteiger partial charge in [0, 0.05) is 10.7 Å². The fraction of sp³-hybridized carbons (Fsp3) is 0.353. The van der Waals surface area contributed by atoms with E-state index in [1.807, 2.05) is 24.3 Å². The van der Waals surface area contributed by atoms with Gasteiger partial charge in [-0.25, -0.2) is 4.68 Å². The van der Waals surface area contributed by atoms with Gasteiger partial charge in [-0.05, 0) is 37.1 Å². The Bertz CT molecular complexity index is 749. The maximum atomic E-state index is 12.5. The fourth-order valence-electron chi connectivity index (χ4n) is 3.18. The van der Waals surface area contributed by atoms with Crippen molar-refractivity contribution < 1.29 is 14.7 Å². The number of amides is 1. The van der Waals surface area contributed by atoms with Crippen molar-refractivity contribution >= 4 is 27.8 Å². The number of hydrogen-bond acceptors (Lipinski definition) is 3. The highest BCUT2D eigenvalue weighted by atomic mass is 79.9. The zero-order chi connectivity index (χ0) is 17.2. The standard InChI is InChI=1S/C17H18BrN3O3/c18-13-3-5-14(6-4-13)21-11-12(10-19-21)16(24)20-17(9-15(22)23)7-1-2-8-17/h3-6,10-11H,1-2,7-9H2,(H,20,24)(H,22,23). The van der Waals surface area contributed by atoms with E-state index in [0.717, 1.165) is 23.0 Å². The second-order valence-corrected chi connectivity index (χ2v) is 7.08. The summed E-state index contributed by atoms with van der Waals surface area (Å²) >= 11 is 3.38. The highest BCUT2D eigenvalue weighted by Crippen LogP contribution is 2.33. The van der Waals surface area contributed by atoms with Crippen LogP contribution in [-0.4, -0.2) is 32.3 Å². The van der Waals surface area contributed by atoms with Crippen molar-refractivity contribution in [1.82, 2.24) is 15.1 Å². The van der Waals surface area contributed by atoms with Gasteiger partial charge in [0.25, 0.3) is 5.91 Å². The van der Waals surface area contributed by atoms with E-state index in [-0.39, 0.29) is 12.3 Å². The van der Waals surface area contributed by atoms with Gasteiger partial charge in [0.1, 0.15) is 0 Å². The lowest BCUT2D eigenvalue weighted by atomic mass is 9.93. The molecule has 2 N–H and O–H groups in total. The summed E-state index contributed by atoms with van der Waals surface area (Å²) in [5.41, 5.74) is 0.635. The first-order chi connectivity index (χ1) is 11.5. The molecule has 1 aliphatic carbocycles. The third kappa shape index (κ3) is 3.67. The summed E-state index contributed by atoms with van der Waals surface area (Å²) in [4.78, 5) is 23.6. The fourth-order valence-corrected chi connectivity index (χ4v) is 3.44. The summed E-state index contributed by atoms with van der Waals surface area (Å²) in [6.45, 7) is 0. The third-order valence-electron chi connectivity index (χ3n) is 4.36. The molecule has 1 aliphatic rings. The number of aliphatic carboxylic acids is 1. The van der Waals surface area contributed by atoms with Gasteiger partial charge in [0.05, 0.1) is 29.4 Å². The Morgan fingerprint density at radius 1 is 1.25 bits per heavy atom. The molecule has 7 heteroatoms. The summed E-state index contributed by atoms with van der Waals surface area (Å²) in [6, 6.07) is 7.58. The maximum absolute atomic E-state index is 12.5. The van der Waals surface area contributed by atoms with Gasteiger partial charge in [-0.3, -0.25) is 9.59 Å². The van der Waals surface area contributed by atoms with E-state index in [1.54, 1.807) is 10.9 Å². The van der Waals surface area contributed by atoms with Gasteiger partial charge in [0.15, 0.2) is 0 Å². The van der Waals surface area contributed by atoms with Gasteiger partial charge < -0.3 is 10.4 Å². The minimum absolute atomic E-state index is 0.0421. The smallest absolute Gasteiger partial charge is 0.305 e. The van der Waals surface area contributed by atoms with Gasteiger partial charge in [0.2, 0.25) is 0 Å². The summed E-state index contributed by atoms with van der Waals surface area (Å²) in [7, 11) is 0. The van der Waals surface area contributed by atoms with Crippen LogP contribution >= 0.6 is 15.9 Å². The quantitative estimate of drug-likeness (QED) is 0.819. The van der Waals surface area contributed by atoms with Crippen LogP contribution in [0, 0.1) is 0 Å². The monoisotopic (exact) mass is 391 g/mol. The van der Waals surface area contributed by atoms with Crippen molar-refractivity contribution in [2.75, 3.05) is 0 Å². The van der Waals surface area contributed by atoms with Gasteiger partial charge in [-0.2, -0.15) is 5.10 Å². The van der Waals surface area contributed by atoms with Crippen molar-refractivity contribution in [3.8, 4) is 5.69 Å². The summed E-state index contributed by atoms with van der Waals surface area (Å²) in [6.07, 6.45) is 6.39. The lowest BCUT2D eigenvalue weighted by Crippen LogP contribution is -2.47. The molecule has 24 heavy (non-hydrogen) atoms. The molecule has 126 valence electrons.